The Morgan fingerprint density at radius 1 is 1.03 bits per heavy atom. The molecule has 0 aliphatic carbocycles. The van der Waals surface area contributed by atoms with E-state index >= 15 is 0 Å². The van der Waals surface area contributed by atoms with Crippen LogP contribution in [0, 0.1) is 5.92 Å². The lowest BCUT2D eigenvalue weighted by atomic mass is 10.2. The Bertz CT molecular complexity index is 1120. The van der Waals surface area contributed by atoms with Crippen LogP contribution in [0.1, 0.15) is 13.8 Å². The molecule has 1 aliphatic rings. The fraction of sp³-hybridized carbons (Fsp3) is 0.524. The van der Waals surface area contributed by atoms with Gasteiger partial charge in [-0.05, 0) is 18.1 Å². The molecule has 0 atom stereocenters. The molecule has 0 radical (unpaired) electrons. The molecule has 1 fully saturated rings. The van der Waals surface area contributed by atoms with Crippen molar-refractivity contribution in [3.63, 3.8) is 0 Å². The first-order chi connectivity index (χ1) is 14.5. The third kappa shape index (κ3) is 3.89. The van der Waals surface area contributed by atoms with E-state index in [1.807, 2.05) is 42.8 Å². The number of fused-ring (bicyclic) bond motifs is 1. The van der Waals surface area contributed by atoms with E-state index in [1.165, 1.54) is 11.6 Å². The maximum Gasteiger partial charge on any atom is 0.332 e. The number of nitrogens with zero attached hydrogens (tertiary/aromatic N) is 7. The summed E-state index contributed by atoms with van der Waals surface area (Å²) in [6, 6.07) is 5.98. The van der Waals surface area contributed by atoms with Crippen molar-refractivity contribution >= 4 is 17.0 Å². The quantitative estimate of drug-likeness (QED) is 0.596. The van der Waals surface area contributed by atoms with Gasteiger partial charge in [0.15, 0.2) is 11.2 Å². The maximum atomic E-state index is 12.8. The zero-order valence-electron chi connectivity index (χ0n) is 17.9. The minimum absolute atomic E-state index is 0.281. The molecule has 0 N–H and O–H groups in total. The standard InChI is InChI=1S/C21H29N7O2/c1-16(2)14-28-19-18(20(29)24(3)21(28)30)27(15-23-19)13-10-25-8-11-26(12-9-25)17-6-4-5-7-22-17/h4-7,15-16H,8-14H2,1-3H3. The van der Waals surface area contributed by atoms with Crippen molar-refractivity contribution in [1.82, 2.24) is 28.6 Å². The van der Waals surface area contributed by atoms with Gasteiger partial charge in [-0.3, -0.25) is 18.8 Å². The fourth-order valence-corrected chi connectivity index (χ4v) is 3.99. The highest BCUT2D eigenvalue weighted by Crippen LogP contribution is 2.13. The Hall–Kier alpha value is -2.94. The van der Waals surface area contributed by atoms with Crippen LogP contribution in [-0.4, -0.2) is 61.3 Å². The van der Waals surface area contributed by atoms with Crippen LogP contribution in [0.5, 0.6) is 0 Å². The number of hydrogen-bond donors (Lipinski definition) is 0. The zero-order valence-corrected chi connectivity index (χ0v) is 17.9. The van der Waals surface area contributed by atoms with Crippen LogP contribution in [0.3, 0.4) is 0 Å². The molecule has 30 heavy (non-hydrogen) atoms. The largest absolute Gasteiger partial charge is 0.354 e. The Balaban J connectivity index is 1.48. The minimum Gasteiger partial charge on any atom is -0.354 e. The predicted molar refractivity (Wildman–Crippen MR) is 117 cm³/mol. The van der Waals surface area contributed by atoms with Crippen molar-refractivity contribution in [3.05, 3.63) is 51.6 Å². The number of aromatic nitrogens is 5. The van der Waals surface area contributed by atoms with E-state index in [1.54, 1.807) is 10.9 Å². The van der Waals surface area contributed by atoms with E-state index in [9.17, 15) is 9.59 Å². The van der Waals surface area contributed by atoms with Crippen LogP contribution in [-0.2, 0) is 20.1 Å². The smallest absolute Gasteiger partial charge is 0.332 e. The molecule has 1 saturated heterocycles. The molecule has 0 amide bonds. The third-order valence-corrected chi connectivity index (χ3v) is 5.65. The highest BCUT2D eigenvalue weighted by molar-refractivity contribution is 5.70. The minimum atomic E-state index is -0.308. The fourth-order valence-electron chi connectivity index (χ4n) is 3.99. The first kappa shape index (κ1) is 20.3. The second kappa shape index (κ2) is 8.43. The molecule has 3 aromatic rings. The SMILES string of the molecule is CC(C)Cn1c(=O)n(C)c(=O)c2c1ncn2CCN1CCN(c2ccccn2)CC1. The first-order valence-electron chi connectivity index (χ1n) is 10.5. The van der Waals surface area contributed by atoms with Crippen molar-refractivity contribution in [2.45, 2.75) is 26.9 Å². The van der Waals surface area contributed by atoms with Crippen LogP contribution < -0.4 is 16.1 Å². The van der Waals surface area contributed by atoms with Gasteiger partial charge in [-0.2, -0.15) is 0 Å². The van der Waals surface area contributed by atoms with Crippen molar-refractivity contribution in [1.29, 1.82) is 0 Å². The summed E-state index contributed by atoms with van der Waals surface area (Å²) in [6.45, 7) is 9.86. The molecule has 160 valence electrons. The maximum absolute atomic E-state index is 12.8. The molecule has 1 aliphatic heterocycles. The summed E-state index contributed by atoms with van der Waals surface area (Å²) in [7, 11) is 1.54. The van der Waals surface area contributed by atoms with Gasteiger partial charge in [0.25, 0.3) is 5.56 Å². The summed E-state index contributed by atoms with van der Waals surface area (Å²) in [6.07, 6.45) is 3.51. The van der Waals surface area contributed by atoms with E-state index in [0.717, 1.165) is 38.5 Å². The molecule has 0 spiro atoms. The van der Waals surface area contributed by atoms with Gasteiger partial charge in [0.1, 0.15) is 5.82 Å². The average Bonchev–Trinajstić information content (AvgIpc) is 3.18. The monoisotopic (exact) mass is 411 g/mol. The van der Waals surface area contributed by atoms with Crippen molar-refractivity contribution in [2.75, 3.05) is 37.6 Å². The number of rotatable bonds is 6. The molecule has 3 aromatic heterocycles. The highest BCUT2D eigenvalue weighted by Gasteiger charge is 2.20. The molecule has 0 saturated carbocycles. The Kier molecular flexibility index (Phi) is 5.72. The average molecular weight is 412 g/mol. The van der Waals surface area contributed by atoms with Gasteiger partial charge in [0.05, 0.1) is 6.33 Å². The van der Waals surface area contributed by atoms with E-state index < -0.39 is 0 Å². The molecule has 0 aromatic carbocycles. The molecule has 0 unspecified atom stereocenters. The Morgan fingerprint density at radius 2 is 1.80 bits per heavy atom. The third-order valence-electron chi connectivity index (χ3n) is 5.65. The molecule has 9 nitrogen and oxygen atoms in total. The lowest BCUT2D eigenvalue weighted by molar-refractivity contribution is 0.248. The van der Waals surface area contributed by atoms with E-state index in [4.69, 9.17) is 0 Å². The van der Waals surface area contributed by atoms with Gasteiger partial charge in [0, 0.05) is 59.1 Å². The first-order valence-corrected chi connectivity index (χ1v) is 10.5. The van der Waals surface area contributed by atoms with Crippen LogP contribution in [0.4, 0.5) is 5.82 Å². The number of hydrogen-bond acceptors (Lipinski definition) is 6. The number of anilines is 1. The van der Waals surface area contributed by atoms with Gasteiger partial charge in [-0.25, -0.2) is 14.8 Å². The van der Waals surface area contributed by atoms with Crippen LogP contribution in [0.2, 0.25) is 0 Å². The summed E-state index contributed by atoms with van der Waals surface area (Å²) in [5.41, 5.74) is 0.395. The van der Waals surface area contributed by atoms with Crippen LogP contribution in [0.25, 0.3) is 11.2 Å². The highest BCUT2D eigenvalue weighted by atomic mass is 16.2. The van der Waals surface area contributed by atoms with Gasteiger partial charge in [-0.1, -0.05) is 19.9 Å². The number of imidazole rings is 1. The van der Waals surface area contributed by atoms with Gasteiger partial charge in [0.2, 0.25) is 0 Å². The lowest BCUT2D eigenvalue weighted by Gasteiger charge is -2.35. The van der Waals surface area contributed by atoms with E-state index in [-0.39, 0.29) is 17.2 Å². The van der Waals surface area contributed by atoms with Crippen LogP contribution >= 0.6 is 0 Å². The molecule has 4 rings (SSSR count). The van der Waals surface area contributed by atoms with Gasteiger partial charge >= 0.3 is 5.69 Å². The second-order valence-electron chi connectivity index (χ2n) is 8.28. The summed E-state index contributed by atoms with van der Waals surface area (Å²) >= 11 is 0. The molecular weight excluding hydrogens is 382 g/mol. The van der Waals surface area contributed by atoms with E-state index in [0.29, 0.717) is 24.3 Å². The second-order valence-corrected chi connectivity index (χ2v) is 8.28. The van der Waals surface area contributed by atoms with E-state index in [2.05, 4.69) is 19.8 Å². The van der Waals surface area contributed by atoms with Gasteiger partial charge < -0.3 is 9.47 Å². The van der Waals surface area contributed by atoms with Crippen molar-refractivity contribution < 1.29 is 0 Å². The predicted octanol–water partition coefficient (Wildman–Crippen LogP) is 0.770. The number of pyridine rings is 1. The molecule has 0 bridgehead atoms. The molecule has 4 heterocycles. The van der Waals surface area contributed by atoms with Crippen molar-refractivity contribution in [2.24, 2.45) is 13.0 Å². The molecule has 9 heteroatoms. The number of piperazine rings is 1. The normalized spacial score (nSPS) is 15.4. The molecular formula is C21H29N7O2. The summed E-state index contributed by atoms with van der Waals surface area (Å²) in [5, 5.41) is 0. The summed E-state index contributed by atoms with van der Waals surface area (Å²) in [5.74, 6) is 1.30. The zero-order chi connectivity index (χ0) is 21.3. The van der Waals surface area contributed by atoms with Crippen molar-refractivity contribution in [3.8, 4) is 0 Å². The topological polar surface area (TPSA) is 81.2 Å². The Labute approximate surface area is 175 Å². The summed E-state index contributed by atoms with van der Waals surface area (Å²) < 4.78 is 4.69. The summed E-state index contributed by atoms with van der Waals surface area (Å²) in [4.78, 5) is 38.9. The lowest BCUT2D eigenvalue weighted by Crippen LogP contribution is -2.47. The van der Waals surface area contributed by atoms with Crippen LogP contribution in [0.15, 0.2) is 40.3 Å². The van der Waals surface area contributed by atoms with Gasteiger partial charge in [-0.15, -0.1) is 0 Å². The Morgan fingerprint density at radius 3 is 2.47 bits per heavy atom.